The van der Waals surface area contributed by atoms with E-state index in [1.165, 1.54) is 32.1 Å². The van der Waals surface area contributed by atoms with Gasteiger partial charge in [-0.05, 0) is 38.3 Å². The first-order valence-electron chi connectivity index (χ1n) is 7.59. The van der Waals surface area contributed by atoms with Crippen LogP contribution in [0.1, 0.15) is 54.6 Å². The Balaban J connectivity index is 1.61. The summed E-state index contributed by atoms with van der Waals surface area (Å²) in [4.78, 5) is 16.1. The van der Waals surface area contributed by atoms with Crippen molar-refractivity contribution in [2.24, 2.45) is 0 Å². The molecule has 1 fully saturated rings. The van der Waals surface area contributed by atoms with Gasteiger partial charge in [-0.25, -0.2) is 0 Å². The van der Waals surface area contributed by atoms with E-state index < -0.39 is 0 Å². The quantitative estimate of drug-likeness (QED) is 0.813. The minimum atomic E-state index is -0.0479. The minimum absolute atomic E-state index is 0.0479. The van der Waals surface area contributed by atoms with Gasteiger partial charge in [-0.3, -0.25) is 9.78 Å². The Morgan fingerprint density at radius 3 is 2.95 bits per heavy atom. The van der Waals surface area contributed by atoms with Crippen LogP contribution in [-0.4, -0.2) is 30.1 Å². The highest BCUT2D eigenvalue weighted by Gasteiger charge is 2.13. The number of ether oxygens (including phenoxy) is 1. The molecule has 1 heterocycles. The summed E-state index contributed by atoms with van der Waals surface area (Å²) in [5, 5.41) is 2.92. The maximum absolute atomic E-state index is 11.9. The van der Waals surface area contributed by atoms with Gasteiger partial charge in [0.2, 0.25) is 0 Å². The predicted octanol–water partition coefficient (Wildman–Crippen LogP) is 2.86. The number of pyridine rings is 1. The van der Waals surface area contributed by atoms with Gasteiger partial charge in [-0.1, -0.05) is 19.3 Å². The van der Waals surface area contributed by atoms with Crippen LogP contribution >= 0.6 is 0 Å². The maximum Gasteiger partial charge on any atom is 0.253 e. The van der Waals surface area contributed by atoms with Crippen LogP contribution in [0.5, 0.6) is 0 Å². The van der Waals surface area contributed by atoms with E-state index in [0.717, 1.165) is 18.7 Å². The topological polar surface area (TPSA) is 51.2 Å². The second-order valence-electron chi connectivity index (χ2n) is 5.38. The molecule has 1 amide bonds. The van der Waals surface area contributed by atoms with E-state index in [-0.39, 0.29) is 5.91 Å². The number of rotatable bonds is 6. The van der Waals surface area contributed by atoms with E-state index in [4.69, 9.17) is 4.74 Å². The smallest absolute Gasteiger partial charge is 0.253 e. The standard InChI is InChI=1S/C16H24N2O2/c1-13-15(9-5-10-17-13)16(19)18-11-6-12-20-14-7-3-2-4-8-14/h5,9-10,14H,2-4,6-8,11-12H2,1H3,(H,18,19). The molecule has 0 radical (unpaired) electrons. The number of nitrogens with one attached hydrogen (secondary N) is 1. The summed E-state index contributed by atoms with van der Waals surface area (Å²) in [6, 6.07) is 3.59. The van der Waals surface area contributed by atoms with Gasteiger partial charge in [-0.15, -0.1) is 0 Å². The van der Waals surface area contributed by atoms with Crippen molar-refractivity contribution < 1.29 is 9.53 Å². The molecule has 0 bridgehead atoms. The van der Waals surface area contributed by atoms with Crippen LogP contribution < -0.4 is 5.32 Å². The molecule has 1 aliphatic rings. The third-order valence-electron chi connectivity index (χ3n) is 3.76. The molecule has 0 spiro atoms. The number of carbonyl (C=O) groups is 1. The third kappa shape index (κ3) is 4.60. The van der Waals surface area contributed by atoms with E-state index in [2.05, 4.69) is 10.3 Å². The van der Waals surface area contributed by atoms with Crippen LogP contribution in [0, 0.1) is 6.92 Å². The fraction of sp³-hybridized carbons (Fsp3) is 0.625. The fourth-order valence-corrected chi connectivity index (χ4v) is 2.58. The van der Waals surface area contributed by atoms with Crippen molar-refractivity contribution in [1.29, 1.82) is 0 Å². The van der Waals surface area contributed by atoms with Crippen molar-refractivity contribution in [3.05, 3.63) is 29.6 Å². The van der Waals surface area contributed by atoms with Gasteiger partial charge in [0.15, 0.2) is 0 Å². The highest BCUT2D eigenvalue weighted by atomic mass is 16.5. The predicted molar refractivity (Wildman–Crippen MR) is 78.7 cm³/mol. The highest BCUT2D eigenvalue weighted by Crippen LogP contribution is 2.20. The first kappa shape index (κ1) is 15.0. The summed E-state index contributed by atoms with van der Waals surface area (Å²) in [5.74, 6) is -0.0479. The SMILES string of the molecule is Cc1ncccc1C(=O)NCCCOC1CCCCC1. The molecule has 1 saturated carbocycles. The van der Waals surface area contributed by atoms with Gasteiger partial charge in [0.25, 0.3) is 5.91 Å². The Morgan fingerprint density at radius 1 is 1.40 bits per heavy atom. The van der Waals surface area contributed by atoms with Crippen molar-refractivity contribution in [3.63, 3.8) is 0 Å². The van der Waals surface area contributed by atoms with E-state index in [9.17, 15) is 4.79 Å². The molecule has 2 rings (SSSR count). The fourth-order valence-electron chi connectivity index (χ4n) is 2.58. The zero-order valence-electron chi connectivity index (χ0n) is 12.2. The molecule has 0 unspecified atom stereocenters. The molecule has 20 heavy (non-hydrogen) atoms. The number of hydrogen-bond acceptors (Lipinski definition) is 3. The molecular weight excluding hydrogens is 252 g/mol. The first-order chi connectivity index (χ1) is 9.77. The summed E-state index contributed by atoms with van der Waals surface area (Å²) in [5.41, 5.74) is 1.42. The van der Waals surface area contributed by atoms with Gasteiger partial charge < -0.3 is 10.1 Å². The van der Waals surface area contributed by atoms with Crippen molar-refractivity contribution >= 4 is 5.91 Å². The Kier molecular flexibility index (Phi) is 5.99. The molecule has 0 aromatic carbocycles. The molecule has 1 aromatic rings. The number of amides is 1. The van der Waals surface area contributed by atoms with Crippen LogP contribution in [0.15, 0.2) is 18.3 Å². The molecule has 0 atom stereocenters. The number of nitrogens with zero attached hydrogens (tertiary/aromatic N) is 1. The lowest BCUT2D eigenvalue weighted by Gasteiger charge is -2.21. The Morgan fingerprint density at radius 2 is 2.20 bits per heavy atom. The maximum atomic E-state index is 11.9. The monoisotopic (exact) mass is 276 g/mol. The molecule has 110 valence electrons. The molecule has 1 aliphatic carbocycles. The van der Waals surface area contributed by atoms with E-state index in [1.54, 1.807) is 18.3 Å². The largest absolute Gasteiger partial charge is 0.378 e. The summed E-state index contributed by atoms with van der Waals surface area (Å²) in [6.45, 7) is 3.23. The zero-order chi connectivity index (χ0) is 14.2. The molecular formula is C16H24N2O2. The van der Waals surface area contributed by atoms with Gasteiger partial charge in [0.05, 0.1) is 11.7 Å². The lowest BCUT2D eigenvalue weighted by molar-refractivity contribution is 0.0273. The molecule has 1 N–H and O–H groups in total. The van der Waals surface area contributed by atoms with Crippen LogP contribution in [0.25, 0.3) is 0 Å². The molecule has 1 aromatic heterocycles. The van der Waals surface area contributed by atoms with Crippen LogP contribution in [0.3, 0.4) is 0 Å². The van der Waals surface area contributed by atoms with E-state index in [0.29, 0.717) is 18.2 Å². The summed E-state index contributed by atoms with van der Waals surface area (Å²) in [7, 11) is 0. The second kappa shape index (κ2) is 8.00. The van der Waals surface area contributed by atoms with Crippen molar-refractivity contribution in [3.8, 4) is 0 Å². The van der Waals surface area contributed by atoms with Crippen LogP contribution in [0.2, 0.25) is 0 Å². The number of aryl methyl sites for hydroxylation is 1. The first-order valence-corrected chi connectivity index (χ1v) is 7.59. The summed E-state index contributed by atoms with van der Waals surface area (Å²) >= 11 is 0. The third-order valence-corrected chi connectivity index (χ3v) is 3.76. The number of aromatic nitrogens is 1. The Bertz CT molecular complexity index is 428. The number of carbonyl (C=O) groups excluding carboxylic acids is 1. The second-order valence-corrected chi connectivity index (χ2v) is 5.38. The summed E-state index contributed by atoms with van der Waals surface area (Å²) in [6.07, 6.45) is 9.33. The minimum Gasteiger partial charge on any atom is -0.378 e. The van der Waals surface area contributed by atoms with Crippen LogP contribution in [-0.2, 0) is 4.74 Å². The van der Waals surface area contributed by atoms with Crippen molar-refractivity contribution in [2.75, 3.05) is 13.2 Å². The van der Waals surface area contributed by atoms with Crippen molar-refractivity contribution in [1.82, 2.24) is 10.3 Å². The Labute approximate surface area is 120 Å². The average molecular weight is 276 g/mol. The molecule has 4 heteroatoms. The van der Waals surface area contributed by atoms with Gasteiger partial charge in [0.1, 0.15) is 0 Å². The Hall–Kier alpha value is -1.42. The van der Waals surface area contributed by atoms with E-state index >= 15 is 0 Å². The molecule has 0 aliphatic heterocycles. The highest BCUT2D eigenvalue weighted by molar-refractivity contribution is 5.95. The van der Waals surface area contributed by atoms with Gasteiger partial charge in [0, 0.05) is 25.0 Å². The van der Waals surface area contributed by atoms with Gasteiger partial charge in [-0.2, -0.15) is 0 Å². The zero-order valence-corrected chi connectivity index (χ0v) is 12.2. The van der Waals surface area contributed by atoms with Gasteiger partial charge >= 0.3 is 0 Å². The lowest BCUT2D eigenvalue weighted by atomic mass is 9.98. The molecule has 0 saturated heterocycles. The number of hydrogen-bond donors (Lipinski definition) is 1. The lowest BCUT2D eigenvalue weighted by Crippen LogP contribution is -2.27. The average Bonchev–Trinajstić information content (AvgIpc) is 2.48. The molecule has 4 nitrogen and oxygen atoms in total. The van der Waals surface area contributed by atoms with Crippen molar-refractivity contribution in [2.45, 2.75) is 51.6 Å². The normalized spacial score (nSPS) is 16.1. The summed E-state index contributed by atoms with van der Waals surface area (Å²) < 4.78 is 5.83. The van der Waals surface area contributed by atoms with E-state index in [1.807, 2.05) is 6.92 Å². The van der Waals surface area contributed by atoms with Crippen LogP contribution in [0.4, 0.5) is 0 Å².